The van der Waals surface area contributed by atoms with Gasteiger partial charge in [0.2, 0.25) is 6.04 Å². The van der Waals surface area contributed by atoms with Gasteiger partial charge in [-0.3, -0.25) is 4.84 Å². The van der Waals surface area contributed by atoms with Crippen molar-refractivity contribution in [2.24, 2.45) is 0 Å². The molecule has 3 rings (SSSR count). The largest absolute Gasteiger partial charge is 0.456 e. The minimum absolute atomic E-state index is 0.105. The van der Waals surface area contributed by atoms with Crippen molar-refractivity contribution in [2.45, 2.75) is 19.1 Å². The predicted octanol–water partition coefficient (Wildman–Crippen LogP) is 2.28. The third-order valence-electron chi connectivity index (χ3n) is 4.82. The summed E-state index contributed by atoms with van der Waals surface area (Å²) in [5.41, 5.74) is 1.90. The molecular formula is C21H24NO5+. The minimum Gasteiger partial charge on any atom is -0.456 e. The number of ether oxygens (including phenoxy) is 2. The van der Waals surface area contributed by atoms with Crippen LogP contribution in [0.3, 0.4) is 0 Å². The minimum atomic E-state index is -0.648. The lowest BCUT2D eigenvalue weighted by atomic mass is 10.0. The van der Waals surface area contributed by atoms with Gasteiger partial charge >= 0.3 is 12.4 Å². The van der Waals surface area contributed by atoms with Gasteiger partial charge in [0.1, 0.15) is 19.7 Å². The van der Waals surface area contributed by atoms with Crippen LogP contribution in [-0.2, 0) is 36.9 Å². The molecule has 0 radical (unpaired) electrons. The van der Waals surface area contributed by atoms with Gasteiger partial charge in [-0.1, -0.05) is 60.7 Å². The monoisotopic (exact) mass is 370 g/mol. The molecule has 142 valence electrons. The zero-order chi connectivity index (χ0) is 19.0. The molecule has 2 aromatic carbocycles. The second-order valence-electron chi connectivity index (χ2n) is 6.51. The molecule has 1 atom stereocenters. The summed E-state index contributed by atoms with van der Waals surface area (Å²) < 4.78 is 10.9. The zero-order valence-corrected chi connectivity index (χ0v) is 15.2. The molecule has 2 aromatic rings. The van der Waals surface area contributed by atoms with E-state index in [1.165, 1.54) is 0 Å². The number of nitrogens with zero attached hydrogens (tertiary/aromatic N) is 1. The fourth-order valence-electron chi connectivity index (χ4n) is 3.33. The molecule has 1 aliphatic rings. The highest BCUT2D eigenvalue weighted by molar-refractivity contribution is 5.75. The maximum absolute atomic E-state index is 13.0. The van der Waals surface area contributed by atoms with E-state index in [4.69, 9.17) is 14.3 Å². The van der Waals surface area contributed by atoms with Gasteiger partial charge in [0, 0.05) is 6.42 Å². The Hall–Kier alpha value is -2.70. The summed E-state index contributed by atoms with van der Waals surface area (Å²) in [5, 5.41) is 0. The number of hydrogen-bond donors (Lipinski definition) is 0. The van der Waals surface area contributed by atoms with E-state index in [1.807, 2.05) is 60.7 Å². The van der Waals surface area contributed by atoms with E-state index in [-0.39, 0.29) is 17.2 Å². The van der Waals surface area contributed by atoms with Crippen LogP contribution in [0, 0.1) is 0 Å². The van der Waals surface area contributed by atoms with Crippen molar-refractivity contribution in [1.82, 2.24) is 0 Å². The smallest absolute Gasteiger partial charge is 0.369 e. The van der Waals surface area contributed by atoms with E-state index in [1.54, 1.807) is 0 Å². The van der Waals surface area contributed by atoms with Crippen LogP contribution in [0.2, 0.25) is 0 Å². The van der Waals surface area contributed by atoms with Crippen LogP contribution < -0.4 is 0 Å². The van der Waals surface area contributed by atoms with Gasteiger partial charge in [-0.05, 0) is 11.1 Å². The molecule has 1 fully saturated rings. The van der Waals surface area contributed by atoms with E-state index < -0.39 is 6.04 Å². The van der Waals surface area contributed by atoms with E-state index in [0.29, 0.717) is 39.2 Å². The van der Waals surface area contributed by atoms with Gasteiger partial charge in [-0.15, -0.1) is 4.65 Å². The van der Waals surface area contributed by atoms with Crippen LogP contribution >= 0.6 is 0 Å². The summed E-state index contributed by atoms with van der Waals surface area (Å²) in [6.07, 6.45) is 0.419. The van der Waals surface area contributed by atoms with E-state index in [9.17, 15) is 9.59 Å². The summed E-state index contributed by atoms with van der Waals surface area (Å²) >= 11 is 0. The Morgan fingerprint density at radius 1 is 1.00 bits per heavy atom. The lowest BCUT2D eigenvalue weighted by Gasteiger charge is -2.40. The second kappa shape index (κ2) is 9.30. The quantitative estimate of drug-likeness (QED) is 0.405. The molecule has 0 spiro atoms. The van der Waals surface area contributed by atoms with Gasteiger partial charge in [0.15, 0.2) is 0 Å². The zero-order valence-electron chi connectivity index (χ0n) is 15.2. The standard InChI is InChI=1S/C21H24NO5/c23-17-27-22(11-13-25-14-12-22)20(15-18-7-3-1-4-8-18)21(24)26-16-19-9-5-2-6-10-19/h1-10,17,20H,11-16H2/q+1/t20-/m0/s1. The maximum Gasteiger partial charge on any atom is 0.369 e. The SMILES string of the molecule is O=CO[N+]1([C@@H](Cc2ccccc2)C(=O)OCc2ccccc2)CCOCC1. The highest BCUT2D eigenvalue weighted by Crippen LogP contribution is 2.23. The number of hydroxylamine groups is 3. The first-order chi connectivity index (χ1) is 13.2. The average molecular weight is 370 g/mol. The predicted molar refractivity (Wildman–Crippen MR) is 98.1 cm³/mol. The second-order valence-corrected chi connectivity index (χ2v) is 6.51. The molecule has 0 unspecified atom stereocenters. The van der Waals surface area contributed by atoms with Crippen molar-refractivity contribution < 1.29 is 28.5 Å². The lowest BCUT2D eigenvalue weighted by molar-refractivity contribution is -1.10. The fourth-order valence-corrected chi connectivity index (χ4v) is 3.33. The van der Waals surface area contributed by atoms with Crippen LogP contribution in [0.5, 0.6) is 0 Å². The molecular weight excluding hydrogens is 346 g/mol. The van der Waals surface area contributed by atoms with Crippen molar-refractivity contribution in [3.05, 3.63) is 71.8 Å². The molecule has 0 saturated carbocycles. The van der Waals surface area contributed by atoms with Crippen LogP contribution in [0.15, 0.2) is 60.7 Å². The number of quaternary nitrogens is 1. The number of hydrogen-bond acceptors (Lipinski definition) is 5. The third-order valence-corrected chi connectivity index (χ3v) is 4.82. The Morgan fingerprint density at radius 3 is 2.19 bits per heavy atom. The molecule has 1 aliphatic heterocycles. The van der Waals surface area contributed by atoms with Crippen LogP contribution in [0.25, 0.3) is 0 Å². The van der Waals surface area contributed by atoms with Crippen LogP contribution in [0.1, 0.15) is 11.1 Å². The molecule has 27 heavy (non-hydrogen) atoms. The Balaban J connectivity index is 1.81. The molecule has 1 heterocycles. The Kier molecular flexibility index (Phi) is 6.57. The number of esters is 1. The van der Waals surface area contributed by atoms with Crippen molar-refractivity contribution in [3.8, 4) is 0 Å². The fraction of sp³-hybridized carbons (Fsp3) is 0.333. The molecule has 0 aliphatic carbocycles. The van der Waals surface area contributed by atoms with Gasteiger partial charge in [0.25, 0.3) is 0 Å². The highest BCUT2D eigenvalue weighted by atomic mass is 16.7. The van der Waals surface area contributed by atoms with Crippen molar-refractivity contribution >= 4 is 12.4 Å². The number of benzene rings is 2. The molecule has 0 aromatic heterocycles. The summed E-state index contributed by atoms with van der Waals surface area (Å²) in [4.78, 5) is 29.7. The average Bonchev–Trinajstić information content (AvgIpc) is 2.72. The number of carbonyl (C=O) groups excluding carboxylic acids is 2. The number of rotatable bonds is 8. The van der Waals surface area contributed by atoms with Crippen LogP contribution in [0.4, 0.5) is 0 Å². The Morgan fingerprint density at radius 2 is 1.59 bits per heavy atom. The first kappa shape index (κ1) is 19.1. The lowest BCUT2D eigenvalue weighted by Crippen LogP contribution is -2.64. The molecule has 1 saturated heterocycles. The van der Waals surface area contributed by atoms with E-state index in [2.05, 4.69) is 0 Å². The number of morpholine rings is 1. The van der Waals surface area contributed by atoms with Crippen molar-refractivity contribution in [1.29, 1.82) is 0 Å². The van der Waals surface area contributed by atoms with Gasteiger partial charge in [0.05, 0.1) is 13.2 Å². The molecule has 6 nitrogen and oxygen atoms in total. The van der Waals surface area contributed by atoms with Crippen molar-refractivity contribution in [2.75, 3.05) is 26.3 Å². The summed E-state index contributed by atoms with van der Waals surface area (Å²) in [5.74, 6) is -0.383. The van der Waals surface area contributed by atoms with Gasteiger partial charge in [-0.25, -0.2) is 9.59 Å². The maximum atomic E-state index is 13.0. The Labute approximate surface area is 158 Å². The summed E-state index contributed by atoms with van der Waals surface area (Å²) in [7, 11) is 0. The molecule has 6 heteroatoms. The van der Waals surface area contributed by atoms with E-state index in [0.717, 1.165) is 11.1 Å². The normalized spacial score (nSPS) is 16.9. The van der Waals surface area contributed by atoms with E-state index >= 15 is 0 Å². The topological polar surface area (TPSA) is 61.8 Å². The first-order valence-electron chi connectivity index (χ1n) is 9.04. The molecule has 0 amide bonds. The molecule has 0 bridgehead atoms. The van der Waals surface area contributed by atoms with Crippen LogP contribution in [-0.4, -0.2) is 49.4 Å². The van der Waals surface area contributed by atoms with Gasteiger partial charge < -0.3 is 9.47 Å². The first-order valence-corrected chi connectivity index (χ1v) is 9.04. The number of carbonyl (C=O) groups is 2. The van der Waals surface area contributed by atoms with Crippen molar-refractivity contribution in [3.63, 3.8) is 0 Å². The summed E-state index contributed by atoms with van der Waals surface area (Å²) in [6.45, 7) is 2.26. The summed E-state index contributed by atoms with van der Waals surface area (Å²) in [6, 6.07) is 18.5. The third kappa shape index (κ3) is 4.93. The van der Waals surface area contributed by atoms with Gasteiger partial charge in [-0.2, -0.15) is 0 Å². The Bertz CT molecular complexity index is 729. The highest BCUT2D eigenvalue weighted by Gasteiger charge is 2.47. The molecule has 0 N–H and O–H groups in total.